The van der Waals surface area contributed by atoms with E-state index >= 15 is 0 Å². The molecular formula is C23H34O5. The molecule has 0 aromatic rings. The van der Waals surface area contributed by atoms with Gasteiger partial charge in [-0.15, -0.1) is 0 Å². The SMILES string of the molecule is CC(=O)OCC(=O)[C@H]1CC[C@H]2[C@@H]3C[C@@H]4O[C@@]45C[C@@H](O)CC[C@]5(C)[C@H]3CC[C@]12C. The van der Waals surface area contributed by atoms with E-state index in [4.69, 9.17) is 9.47 Å². The van der Waals surface area contributed by atoms with E-state index in [0.717, 1.165) is 51.4 Å². The summed E-state index contributed by atoms with van der Waals surface area (Å²) in [5, 5.41) is 10.3. The number of ketones is 1. The van der Waals surface area contributed by atoms with Crippen LogP contribution in [-0.4, -0.2) is 41.3 Å². The summed E-state index contributed by atoms with van der Waals surface area (Å²) < 4.78 is 11.4. The van der Waals surface area contributed by atoms with Crippen LogP contribution in [0, 0.1) is 34.5 Å². The van der Waals surface area contributed by atoms with Gasteiger partial charge in [-0.1, -0.05) is 13.8 Å². The maximum absolute atomic E-state index is 12.8. The Morgan fingerprint density at radius 1 is 1.11 bits per heavy atom. The highest BCUT2D eigenvalue weighted by Gasteiger charge is 2.76. The molecule has 0 bridgehead atoms. The third kappa shape index (κ3) is 2.38. The quantitative estimate of drug-likeness (QED) is 0.591. The van der Waals surface area contributed by atoms with Gasteiger partial charge in [0, 0.05) is 24.7 Å². The Morgan fingerprint density at radius 3 is 2.64 bits per heavy atom. The third-order valence-electron chi connectivity index (χ3n) is 9.87. The molecule has 28 heavy (non-hydrogen) atoms. The molecule has 9 atom stereocenters. The lowest BCUT2D eigenvalue weighted by Crippen LogP contribution is -2.58. The fourth-order valence-electron chi connectivity index (χ4n) is 8.46. The van der Waals surface area contributed by atoms with Gasteiger partial charge in [-0.2, -0.15) is 0 Å². The molecule has 0 amide bonds. The van der Waals surface area contributed by atoms with Crippen LogP contribution in [0.1, 0.15) is 72.1 Å². The molecule has 0 unspecified atom stereocenters. The monoisotopic (exact) mass is 390 g/mol. The van der Waals surface area contributed by atoms with Crippen LogP contribution in [0.15, 0.2) is 0 Å². The van der Waals surface area contributed by atoms with Gasteiger partial charge in [0.1, 0.15) is 12.2 Å². The van der Waals surface area contributed by atoms with Crippen LogP contribution in [0.5, 0.6) is 0 Å². The van der Waals surface area contributed by atoms with Crippen LogP contribution < -0.4 is 0 Å². The van der Waals surface area contributed by atoms with Gasteiger partial charge >= 0.3 is 5.97 Å². The number of ether oxygens (including phenoxy) is 2. The summed E-state index contributed by atoms with van der Waals surface area (Å²) >= 11 is 0. The molecule has 1 heterocycles. The number of esters is 1. The van der Waals surface area contributed by atoms with Crippen molar-refractivity contribution in [3.63, 3.8) is 0 Å². The minimum absolute atomic E-state index is 0.0191. The molecule has 0 radical (unpaired) electrons. The van der Waals surface area contributed by atoms with Gasteiger partial charge in [-0.3, -0.25) is 9.59 Å². The highest BCUT2D eigenvalue weighted by Crippen LogP contribution is 2.73. The standard InChI is InChI=1S/C23H34O5/c1-13(24)27-12-19(26)18-5-4-16-15-10-20-23(28-20)11-14(25)6-9-22(23,3)17(15)7-8-21(16,18)2/h14-18,20,25H,4-12H2,1-3H3/t14-,15-,16-,17-,18+,20-,21-,22+,23-/m0/s1. The van der Waals surface area contributed by atoms with Gasteiger partial charge in [0.25, 0.3) is 0 Å². The summed E-state index contributed by atoms with van der Waals surface area (Å²) in [4.78, 5) is 24.0. The van der Waals surface area contributed by atoms with Crippen molar-refractivity contribution >= 4 is 11.8 Å². The molecule has 156 valence electrons. The Balaban J connectivity index is 1.38. The summed E-state index contributed by atoms with van der Waals surface area (Å²) in [6, 6.07) is 0. The molecule has 1 saturated heterocycles. The largest absolute Gasteiger partial charge is 0.458 e. The number of carbonyl (C=O) groups excluding carboxylic acids is 2. The molecule has 5 heteroatoms. The lowest BCUT2D eigenvalue weighted by molar-refractivity contribution is -0.150. The maximum Gasteiger partial charge on any atom is 0.303 e. The Labute approximate surface area is 167 Å². The zero-order chi connectivity index (χ0) is 19.9. The van der Waals surface area contributed by atoms with Crippen molar-refractivity contribution in [1.82, 2.24) is 0 Å². The molecule has 5 aliphatic rings. The van der Waals surface area contributed by atoms with Crippen LogP contribution in [0.25, 0.3) is 0 Å². The summed E-state index contributed by atoms with van der Waals surface area (Å²) in [5.74, 6) is 1.57. The molecule has 0 aromatic heterocycles. The molecule has 1 spiro atoms. The third-order valence-corrected chi connectivity index (χ3v) is 9.87. The number of aliphatic hydroxyl groups excluding tert-OH is 1. The number of Topliss-reactive ketones (excluding diaryl/α,β-unsaturated/α-hetero) is 1. The Kier molecular flexibility index (Phi) is 4.11. The van der Waals surface area contributed by atoms with Crippen LogP contribution in [-0.2, 0) is 19.1 Å². The highest BCUT2D eigenvalue weighted by atomic mass is 16.6. The van der Waals surface area contributed by atoms with E-state index in [2.05, 4.69) is 13.8 Å². The Bertz CT molecular complexity index is 705. The van der Waals surface area contributed by atoms with Crippen molar-refractivity contribution < 1.29 is 24.2 Å². The summed E-state index contributed by atoms with van der Waals surface area (Å²) in [5.41, 5.74) is 0.113. The fourth-order valence-corrected chi connectivity index (χ4v) is 8.46. The number of aliphatic hydroxyl groups is 1. The zero-order valence-corrected chi connectivity index (χ0v) is 17.4. The second-order valence-corrected chi connectivity index (χ2v) is 10.8. The van der Waals surface area contributed by atoms with Gasteiger partial charge in [-0.05, 0) is 68.1 Å². The number of hydrogen-bond acceptors (Lipinski definition) is 5. The number of carbonyl (C=O) groups is 2. The van der Waals surface area contributed by atoms with Crippen molar-refractivity contribution in [1.29, 1.82) is 0 Å². The molecule has 1 aliphatic heterocycles. The average molecular weight is 391 g/mol. The molecule has 5 fully saturated rings. The Hall–Kier alpha value is -0.940. The van der Waals surface area contributed by atoms with Crippen molar-refractivity contribution in [3.05, 3.63) is 0 Å². The first-order chi connectivity index (χ1) is 13.2. The van der Waals surface area contributed by atoms with Gasteiger partial charge < -0.3 is 14.6 Å². The van der Waals surface area contributed by atoms with Crippen molar-refractivity contribution in [2.75, 3.05) is 6.61 Å². The van der Waals surface area contributed by atoms with Crippen molar-refractivity contribution in [2.24, 2.45) is 34.5 Å². The van der Waals surface area contributed by atoms with Gasteiger partial charge in [0.2, 0.25) is 0 Å². The highest BCUT2D eigenvalue weighted by molar-refractivity contribution is 5.85. The number of epoxide rings is 1. The first-order valence-corrected chi connectivity index (χ1v) is 11.2. The molecule has 0 aromatic carbocycles. The second kappa shape index (κ2) is 6.04. The Morgan fingerprint density at radius 2 is 1.89 bits per heavy atom. The predicted molar refractivity (Wildman–Crippen MR) is 102 cm³/mol. The zero-order valence-electron chi connectivity index (χ0n) is 17.4. The van der Waals surface area contributed by atoms with Crippen molar-refractivity contribution in [2.45, 2.75) is 89.9 Å². The van der Waals surface area contributed by atoms with Gasteiger partial charge in [-0.25, -0.2) is 0 Å². The first kappa shape index (κ1) is 19.0. The van der Waals surface area contributed by atoms with Crippen LogP contribution >= 0.6 is 0 Å². The van der Waals surface area contributed by atoms with E-state index in [9.17, 15) is 14.7 Å². The lowest BCUT2D eigenvalue weighted by Gasteiger charge is -2.59. The van der Waals surface area contributed by atoms with Crippen LogP contribution in [0.4, 0.5) is 0 Å². The summed E-state index contributed by atoms with van der Waals surface area (Å²) in [6.45, 7) is 6.04. The van der Waals surface area contributed by atoms with Crippen molar-refractivity contribution in [3.8, 4) is 0 Å². The topological polar surface area (TPSA) is 76.1 Å². The molecule has 5 nitrogen and oxygen atoms in total. The number of fused-ring (bicyclic) bond motifs is 4. The van der Waals surface area contributed by atoms with Gasteiger partial charge in [0.15, 0.2) is 5.78 Å². The van der Waals surface area contributed by atoms with Crippen LogP contribution in [0.3, 0.4) is 0 Å². The van der Waals surface area contributed by atoms with Crippen LogP contribution in [0.2, 0.25) is 0 Å². The number of hydrogen-bond donors (Lipinski definition) is 1. The van der Waals surface area contributed by atoms with E-state index in [0.29, 0.717) is 23.9 Å². The predicted octanol–water partition coefficient (Wildman–Crippen LogP) is 3.27. The molecule has 4 aliphatic carbocycles. The normalized spacial score (nSPS) is 54.0. The first-order valence-electron chi connectivity index (χ1n) is 11.2. The van der Waals surface area contributed by atoms with Gasteiger partial charge in [0.05, 0.1) is 12.2 Å². The summed E-state index contributed by atoms with van der Waals surface area (Å²) in [7, 11) is 0. The summed E-state index contributed by atoms with van der Waals surface area (Å²) in [6.07, 6.45) is 8.20. The van der Waals surface area contributed by atoms with E-state index < -0.39 is 0 Å². The van der Waals surface area contributed by atoms with E-state index in [1.54, 1.807) is 0 Å². The molecule has 4 saturated carbocycles. The minimum atomic E-state index is -0.376. The molecule has 5 rings (SSSR count). The lowest BCUT2D eigenvalue weighted by atomic mass is 9.44. The van der Waals surface area contributed by atoms with E-state index in [1.165, 1.54) is 6.92 Å². The fraction of sp³-hybridized carbons (Fsp3) is 0.913. The minimum Gasteiger partial charge on any atom is -0.458 e. The number of rotatable bonds is 3. The van der Waals surface area contributed by atoms with E-state index in [1.807, 2.05) is 0 Å². The maximum atomic E-state index is 12.8. The molecular weight excluding hydrogens is 356 g/mol. The van der Waals surface area contributed by atoms with E-state index in [-0.39, 0.29) is 46.8 Å². The smallest absolute Gasteiger partial charge is 0.303 e. The second-order valence-electron chi connectivity index (χ2n) is 10.8. The molecule has 1 N–H and O–H groups in total. The average Bonchev–Trinajstić information content (AvgIpc) is 3.21.